The van der Waals surface area contributed by atoms with E-state index in [4.69, 9.17) is 9.47 Å². The van der Waals surface area contributed by atoms with Crippen molar-refractivity contribution >= 4 is 11.7 Å². The second-order valence-electron chi connectivity index (χ2n) is 6.59. The molecular formula is C19H26N4O3. The summed E-state index contributed by atoms with van der Waals surface area (Å²) in [5, 5.41) is 7.20. The standard InChI is InChI=1S/C19H26N4O3/c1-13-10-18(22(2)21-13)20-19(24)12-23-9-5-6-15(23)14-7-8-16(25-3)17(11-14)26-4/h7-8,10-11,15H,5-6,9,12H2,1-4H3,(H,20,24). The Morgan fingerprint density at radius 1 is 1.27 bits per heavy atom. The normalized spacial score (nSPS) is 17.3. The smallest absolute Gasteiger partial charge is 0.239 e. The molecule has 2 heterocycles. The Morgan fingerprint density at radius 2 is 2.04 bits per heavy atom. The first-order valence-electron chi connectivity index (χ1n) is 8.78. The first-order chi connectivity index (χ1) is 12.5. The van der Waals surface area contributed by atoms with Crippen LogP contribution < -0.4 is 14.8 Å². The summed E-state index contributed by atoms with van der Waals surface area (Å²) in [4.78, 5) is 14.7. The van der Waals surface area contributed by atoms with E-state index < -0.39 is 0 Å². The van der Waals surface area contributed by atoms with Gasteiger partial charge in [0.15, 0.2) is 11.5 Å². The summed E-state index contributed by atoms with van der Waals surface area (Å²) in [7, 11) is 5.09. The van der Waals surface area contributed by atoms with Gasteiger partial charge in [-0.1, -0.05) is 6.07 Å². The summed E-state index contributed by atoms with van der Waals surface area (Å²) in [6.45, 7) is 3.16. The third kappa shape index (κ3) is 3.83. The SMILES string of the molecule is COc1ccc(C2CCCN2CC(=O)Nc2cc(C)nn2C)cc1OC. The maximum Gasteiger partial charge on any atom is 0.239 e. The van der Waals surface area contributed by atoms with E-state index in [0.29, 0.717) is 18.0 Å². The first kappa shape index (κ1) is 18.3. The van der Waals surface area contributed by atoms with Crippen LogP contribution in [-0.4, -0.2) is 47.9 Å². The minimum Gasteiger partial charge on any atom is -0.493 e. The highest BCUT2D eigenvalue weighted by molar-refractivity contribution is 5.91. The van der Waals surface area contributed by atoms with E-state index in [1.165, 1.54) is 0 Å². The van der Waals surface area contributed by atoms with Gasteiger partial charge in [0, 0.05) is 19.2 Å². The van der Waals surface area contributed by atoms with E-state index in [9.17, 15) is 4.79 Å². The Bertz CT molecular complexity index is 787. The summed E-state index contributed by atoms with van der Waals surface area (Å²) in [6.07, 6.45) is 2.09. The lowest BCUT2D eigenvalue weighted by molar-refractivity contribution is -0.117. The maximum absolute atomic E-state index is 12.5. The Kier molecular flexibility index (Phi) is 5.46. The van der Waals surface area contributed by atoms with Crippen molar-refractivity contribution in [3.63, 3.8) is 0 Å². The van der Waals surface area contributed by atoms with Crippen molar-refractivity contribution in [3.05, 3.63) is 35.5 Å². The molecule has 7 nitrogen and oxygen atoms in total. The van der Waals surface area contributed by atoms with Gasteiger partial charge in [0.05, 0.1) is 26.5 Å². The third-order valence-corrected chi connectivity index (χ3v) is 4.77. The summed E-state index contributed by atoms with van der Waals surface area (Å²) >= 11 is 0. The predicted octanol–water partition coefficient (Wildman–Crippen LogP) is 2.52. The third-order valence-electron chi connectivity index (χ3n) is 4.77. The highest BCUT2D eigenvalue weighted by Crippen LogP contribution is 2.36. The number of ether oxygens (including phenoxy) is 2. The van der Waals surface area contributed by atoms with E-state index in [0.717, 1.165) is 36.5 Å². The first-order valence-corrected chi connectivity index (χ1v) is 8.78. The van der Waals surface area contributed by atoms with Crippen LogP contribution in [0.3, 0.4) is 0 Å². The molecule has 0 radical (unpaired) electrons. The fourth-order valence-electron chi connectivity index (χ4n) is 3.55. The van der Waals surface area contributed by atoms with Crippen LogP contribution in [0.4, 0.5) is 5.82 Å². The lowest BCUT2D eigenvalue weighted by atomic mass is 10.0. The highest BCUT2D eigenvalue weighted by atomic mass is 16.5. The van der Waals surface area contributed by atoms with Gasteiger partial charge >= 0.3 is 0 Å². The number of aromatic nitrogens is 2. The number of carbonyl (C=O) groups excluding carboxylic acids is 1. The summed E-state index contributed by atoms with van der Waals surface area (Å²) in [5.41, 5.74) is 2.02. The molecular weight excluding hydrogens is 332 g/mol. The number of rotatable bonds is 6. The molecule has 1 aliphatic heterocycles. The van der Waals surface area contributed by atoms with Crippen LogP contribution in [0.5, 0.6) is 11.5 Å². The van der Waals surface area contributed by atoms with E-state index in [1.807, 2.05) is 38.2 Å². The number of carbonyl (C=O) groups is 1. The highest BCUT2D eigenvalue weighted by Gasteiger charge is 2.28. The second kappa shape index (κ2) is 7.78. The number of nitrogens with zero attached hydrogens (tertiary/aromatic N) is 3. The van der Waals surface area contributed by atoms with Crippen molar-refractivity contribution in [1.29, 1.82) is 0 Å². The van der Waals surface area contributed by atoms with Gasteiger partial charge in [-0.2, -0.15) is 5.10 Å². The second-order valence-corrected chi connectivity index (χ2v) is 6.59. The molecule has 1 fully saturated rings. The Hall–Kier alpha value is -2.54. The predicted molar refractivity (Wildman–Crippen MR) is 99.7 cm³/mol. The molecule has 140 valence electrons. The van der Waals surface area contributed by atoms with Crippen molar-refractivity contribution in [2.75, 3.05) is 32.6 Å². The molecule has 0 bridgehead atoms. The molecule has 1 amide bonds. The van der Waals surface area contributed by atoms with Gasteiger partial charge in [-0.05, 0) is 44.0 Å². The van der Waals surface area contributed by atoms with Crippen molar-refractivity contribution in [1.82, 2.24) is 14.7 Å². The van der Waals surface area contributed by atoms with Crippen LogP contribution in [0.2, 0.25) is 0 Å². The lowest BCUT2D eigenvalue weighted by Crippen LogP contribution is -2.33. The monoisotopic (exact) mass is 358 g/mol. The van der Waals surface area contributed by atoms with Gasteiger partial charge in [-0.3, -0.25) is 14.4 Å². The molecule has 1 aliphatic rings. The van der Waals surface area contributed by atoms with Crippen molar-refractivity contribution < 1.29 is 14.3 Å². The van der Waals surface area contributed by atoms with Gasteiger partial charge in [-0.15, -0.1) is 0 Å². The van der Waals surface area contributed by atoms with Crippen LogP contribution in [0, 0.1) is 6.92 Å². The van der Waals surface area contributed by atoms with E-state index >= 15 is 0 Å². The zero-order valence-electron chi connectivity index (χ0n) is 15.8. The molecule has 7 heteroatoms. The molecule has 3 rings (SSSR count). The molecule has 1 atom stereocenters. The number of aryl methyl sites for hydroxylation is 2. The topological polar surface area (TPSA) is 68.6 Å². The number of hydrogen-bond donors (Lipinski definition) is 1. The number of likely N-dealkylation sites (tertiary alicyclic amines) is 1. The van der Waals surface area contributed by atoms with Crippen LogP contribution in [0.15, 0.2) is 24.3 Å². The molecule has 1 saturated heterocycles. The molecule has 1 aromatic heterocycles. The minimum absolute atomic E-state index is 0.0274. The molecule has 0 spiro atoms. The zero-order valence-corrected chi connectivity index (χ0v) is 15.8. The Morgan fingerprint density at radius 3 is 2.69 bits per heavy atom. The molecule has 26 heavy (non-hydrogen) atoms. The molecule has 1 N–H and O–H groups in total. The fourth-order valence-corrected chi connectivity index (χ4v) is 3.55. The lowest BCUT2D eigenvalue weighted by Gasteiger charge is -2.25. The quantitative estimate of drug-likeness (QED) is 0.859. The average Bonchev–Trinajstić information content (AvgIpc) is 3.20. The van der Waals surface area contributed by atoms with Crippen LogP contribution in [-0.2, 0) is 11.8 Å². The largest absolute Gasteiger partial charge is 0.493 e. The molecule has 1 aromatic carbocycles. The number of benzene rings is 1. The zero-order chi connectivity index (χ0) is 18.7. The number of amides is 1. The van der Waals surface area contributed by atoms with Crippen LogP contribution >= 0.6 is 0 Å². The summed E-state index contributed by atoms with van der Waals surface area (Å²) in [5.74, 6) is 2.12. The van der Waals surface area contributed by atoms with E-state index in [-0.39, 0.29) is 11.9 Å². The van der Waals surface area contributed by atoms with Crippen LogP contribution in [0.25, 0.3) is 0 Å². The van der Waals surface area contributed by atoms with Crippen LogP contribution in [0.1, 0.15) is 30.1 Å². The van der Waals surface area contributed by atoms with Crippen molar-refractivity contribution in [2.24, 2.45) is 7.05 Å². The van der Waals surface area contributed by atoms with Gasteiger partial charge in [0.2, 0.25) is 5.91 Å². The van der Waals surface area contributed by atoms with Gasteiger partial charge in [0.1, 0.15) is 5.82 Å². The van der Waals surface area contributed by atoms with Crippen molar-refractivity contribution in [3.8, 4) is 11.5 Å². The minimum atomic E-state index is -0.0274. The fraction of sp³-hybridized carbons (Fsp3) is 0.474. The number of nitrogens with one attached hydrogen (secondary N) is 1. The van der Waals surface area contributed by atoms with E-state index in [2.05, 4.69) is 15.3 Å². The van der Waals surface area contributed by atoms with Gasteiger partial charge in [-0.25, -0.2) is 0 Å². The van der Waals surface area contributed by atoms with E-state index in [1.54, 1.807) is 18.9 Å². The average molecular weight is 358 g/mol. The van der Waals surface area contributed by atoms with Gasteiger partial charge in [0.25, 0.3) is 0 Å². The van der Waals surface area contributed by atoms with Gasteiger partial charge < -0.3 is 14.8 Å². The number of methoxy groups -OCH3 is 2. The summed E-state index contributed by atoms with van der Waals surface area (Å²) in [6, 6.07) is 8.04. The Balaban J connectivity index is 1.70. The Labute approximate surface area is 153 Å². The van der Waals surface area contributed by atoms with Crippen molar-refractivity contribution in [2.45, 2.75) is 25.8 Å². The molecule has 0 saturated carbocycles. The molecule has 2 aromatic rings. The summed E-state index contributed by atoms with van der Waals surface area (Å²) < 4.78 is 12.4. The molecule has 1 unspecified atom stereocenters. The maximum atomic E-state index is 12.5. The number of anilines is 1. The molecule has 0 aliphatic carbocycles. The number of hydrogen-bond acceptors (Lipinski definition) is 5.